The first kappa shape index (κ1) is 9.47. The standard InChI is InChI=1S/C11H10N2O2S/c12-11-10(13-6-16-11)7-1-2-8-9(5-7)15-4-3-14-8/h1-2,5-6H,3-4,12H2. The van der Waals surface area contributed by atoms with Gasteiger partial charge in [-0.2, -0.15) is 0 Å². The van der Waals surface area contributed by atoms with E-state index in [0.717, 1.165) is 27.8 Å². The van der Waals surface area contributed by atoms with Crippen molar-refractivity contribution in [1.29, 1.82) is 0 Å². The molecule has 1 aliphatic heterocycles. The van der Waals surface area contributed by atoms with Crippen LogP contribution in [0.1, 0.15) is 0 Å². The lowest BCUT2D eigenvalue weighted by atomic mass is 10.1. The van der Waals surface area contributed by atoms with Crippen molar-refractivity contribution < 1.29 is 9.47 Å². The molecular weight excluding hydrogens is 224 g/mol. The molecule has 1 aromatic heterocycles. The molecule has 0 unspecified atom stereocenters. The molecule has 0 atom stereocenters. The van der Waals surface area contributed by atoms with Crippen molar-refractivity contribution in [1.82, 2.24) is 4.98 Å². The Labute approximate surface area is 96.6 Å². The van der Waals surface area contributed by atoms with Crippen LogP contribution in [0.4, 0.5) is 5.00 Å². The lowest BCUT2D eigenvalue weighted by Gasteiger charge is -2.18. The SMILES string of the molecule is Nc1scnc1-c1ccc2c(c1)OCCO2. The third kappa shape index (κ3) is 1.49. The zero-order valence-corrected chi connectivity index (χ0v) is 9.29. The van der Waals surface area contributed by atoms with Crippen LogP contribution in [0.2, 0.25) is 0 Å². The molecule has 0 aliphatic carbocycles. The average molecular weight is 234 g/mol. The van der Waals surface area contributed by atoms with Crippen LogP contribution in [-0.2, 0) is 0 Å². The van der Waals surface area contributed by atoms with Crippen LogP contribution in [-0.4, -0.2) is 18.2 Å². The van der Waals surface area contributed by atoms with E-state index in [1.807, 2.05) is 18.2 Å². The molecule has 0 bridgehead atoms. The first-order valence-corrected chi connectivity index (χ1v) is 5.81. The number of hydrogen-bond acceptors (Lipinski definition) is 5. The molecule has 2 aromatic rings. The second-order valence-corrected chi connectivity index (χ2v) is 4.31. The molecule has 82 valence electrons. The number of thiazole rings is 1. The Balaban J connectivity index is 2.06. The average Bonchev–Trinajstić information content (AvgIpc) is 2.75. The summed E-state index contributed by atoms with van der Waals surface area (Å²) in [6.07, 6.45) is 0. The third-order valence-corrected chi connectivity index (χ3v) is 3.07. The van der Waals surface area contributed by atoms with E-state index >= 15 is 0 Å². The molecule has 2 N–H and O–H groups in total. The van der Waals surface area contributed by atoms with Gasteiger partial charge in [0, 0.05) is 5.56 Å². The molecule has 1 aliphatic rings. The largest absolute Gasteiger partial charge is 0.486 e. The number of fused-ring (bicyclic) bond motifs is 1. The van der Waals surface area contributed by atoms with Crippen LogP contribution in [0.3, 0.4) is 0 Å². The van der Waals surface area contributed by atoms with Crippen molar-refractivity contribution in [3.05, 3.63) is 23.7 Å². The van der Waals surface area contributed by atoms with Crippen LogP contribution in [0.5, 0.6) is 11.5 Å². The molecule has 3 rings (SSSR count). The van der Waals surface area contributed by atoms with Crippen molar-refractivity contribution in [2.45, 2.75) is 0 Å². The van der Waals surface area contributed by atoms with Crippen LogP contribution < -0.4 is 15.2 Å². The number of nitrogens with zero attached hydrogens (tertiary/aromatic N) is 1. The topological polar surface area (TPSA) is 57.4 Å². The third-order valence-electron chi connectivity index (χ3n) is 2.41. The van der Waals surface area contributed by atoms with Crippen LogP contribution >= 0.6 is 11.3 Å². The second-order valence-electron chi connectivity index (χ2n) is 3.42. The minimum absolute atomic E-state index is 0.586. The van der Waals surface area contributed by atoms with Crippen LogP contribution in [0.25, 0.3) is 11.3 Å². The summed E-state index contributed by atoms with van der Waals surface area (Å²) >= 11 is 1.43. The fraction of sp³-hybridized carbons (Fsp3) is 0.182. The highest BCUT2D eigenvalue weighted by atomic mass is 32.1. The molecule has 4 nitrogen and oxygen atoms in total. The summed E-state index contributed by atoms with van der Waals surface area (Å²) in [5.41, 5.74) is 9.34. The Morgan fingerprint density at radius 1 is 1.19 bits per heavy atom. The van der Waals surface area contributed by atoms with E-state index in [1.165, 1.54) is 11.3 Å². The first-order valence-electron chi connectivity index (χ1n) is 4.93. The predicted molar refractivity (Wildman–Crippen MR) is 63.0 cm³/mol. The maximum atomic E-state index is 5.83. The monoisotopic (exact) mass is 234 g/mol. The molecule has 0 fully saturated rings. The van der Waals surface area contributed by atoms with E-state index in [1.54, 1.807) is 5.51 Å². The van der Waals surface area contributed by atoms with Crippen LogP contribution in [0.15, 0.2) is 23.7 Å². The number of nitrogens with two attached hydrogens (primary N) is 1. The van der Waals surface area contributed by atoms with Gasteiger partial charge in [-0.15, -0.1) is 11.3 Å². The second kappa shape index (κ2) is 3.68. The number of nitrogen functional groups attached to an aromatic ring is 1. The minimum atomic E-state index is 0.586. The van der Waals surface area contributed by atoms with Crippen molar-refractivity contribution in [3.8, 4) is 22.8 Å². The molecule has 1 aromatic carbocycles. The van der Waals surface area contributed by atoms with E-state index < -0.39 is 0 Å². The highest BCUT2D eigenvalue weighted by molar-refractivity contribution is 7.14. The molecule has 0 amide bonds. The Bertz CT molecular complexity index is 524. The zero-order chi connectivity index (χ0) is 11.0. The Morgan fingerprint density at radius 2 is 2.00 bits per heavy atom. The maximum absolute atomic E-state index is 5.83. The quantitative estimate of drug-likeness (QED) is 0.821. The summed E-state index contributed by atoms with van der Waals surface area (Å²) in [6.45, 7) is 1.19. The van der Waals surface area contributed by atoms with E-state index in [2.05, 4.69) is 4.98 Å². The van der Waals surface area contributed by atoms with Gasteiger partial charge in [-0.3, -0.25) is 0 Å². The highest BCUT2D eigenvalue weighted by Gasteiger charge is 2.14. The molecular formula is C11H10N2O2S. The summed E-state index contributed by atoms with van der Waals surface area (Å²) < 4.78 is 11.0. The number of hydrogen-bond donors (Lipinski definition) is 1. The van der Waals surface area contributed by atoms with E-state index in [4.69, 9.17) is 15.2 Å². The van der Waals surface area contributed by atoms with Gasteiger partial charge in [0.1, 0.15) is 23.9 Å². The van der Waals surface area contributed by atoms with Gasteiger partial charge in [0.25, 0.3) is 0 Å². The first-order chi connectivity index (χ1) is 7.84. The van der Waals surface area contributed by atoms with Gasteiger partial charge in [-0.1, -0.05) is 0 Å². The fourth-order valence-corrected chi connectivity index (χ4v) is 2.22. The van der Waals surface area contributed by atoms with Crippen molar-refractivity contribution in [2.24, 2.45) is 0 Å². The molecule has 0 radical (unpaired) electrons. The van der Waals surface area contributed by atoms with Gasteiger partial charge < -0.3 is 15.2 Å². The van der Waals surface area contributed by atoms with Crippen LogP contribution in [0, 0.1) is 0 Å². The summed E-state index contributed by atoms with van der Waals surface area (Å²) in [6, 6.07) is 5.75. The molecule has 2 heterocycles. The summed E-state index contributed by atoms with van der Waals surface area (Å²) in [5, 5.41) is 0.719. The fourth-order valence-electron chi connectivity index (χ4n) is 1.66. The number of ether oxygens (including phenoxy) is 2. The lowest BCUT2D eigenvalue weighted by Crippen LogP contribution is -2.15. The normalized spacial score (nSPS) is 13.8. The molecule has 0 saturated heterocycles. The summed E-state index contributed by atoms with van der Waals surface area (Å²) in [5.74, 6) is 1.54. The Hall–Kier alpha value is -1.75. The van der Waals surface area contributed by atoms with E-state index in [9.17, 15) is 0 Å². The molecule has 16 heavy (non-hydrogen) atoms. The van der Waals surface area contributed by atoms with E-state index in [-0.39, 0.29) is 0 Å². The zero-order valence-electron chi connectivity index (χ0n) is 8.47. The smallest absolute Gasteiger partial charge is 0.162 e. The van der Waals surface area contributed by atoms with Gasteiger partial charge in [-0.25, -0.2) is 4.98 Å². The molecule has 0 spiro atoms. The number of benzene rings is 1. The molecule has 5 heteroatoms. The van der Waals surface area contributed by atoms with Gasteiger partial charge in [0.2, 0.25) is 0 Å². The Kier molecular flexibility index (Phi) is 2.18. The van der Waals surface area contributed by atoms with E-state index in [0.29, 0.717) is 13.2 Å². The number of rotatable bonds is 1. The lowest BCUT2D eigenvalue weighted by molar-refractivity contribution is 0.171. The summed E-state index contributed by atoms with van der Waals surface area (Å²) in [4.78, 5) is 4.23. The maximum Gasteiger partial charge on any atom is 0.162 e. The van der Waals surface area contributed by atoms with Crippen molar-refractivity contribution in [2.75, 3.05) is 18.9 Å². The van der Waals surface area contributed by atoms with Gasteiger partial charge in [-0.05, 0) is 18.2 Å². The molecule has 0 saturated carbocycles. The highest BCUT2D eigenvalue weighted by Crippen LogP contribution is 2.36. The van der Waals surface area contributed by atoms with Crippen molar-refractivity contribution >= 4 is 16.3 Å². The van der Waals surface area contributed by atoms with Gasteiger partial charge in [0.05, 0.1) is 5.51 Å². The number of anilines is 1. The summed E-state index contributed by atoms with van der Waals surface area (Å²) in [7, 11) is 0. The van der Waals surface area contributed by atoms with Gasteiger partial charge in [0.15, 0.2) is 11.5 Å². The number of aromatic nitrogens is 1. The predicted octanol–water partition coefficient (Wildman–Crippen LogP) is 2.16. The minimum Gasteiger partial charge on any atom is -0.486 e. The van der Waals surface area contributed by atoms with Gasteiger partial charge >= 0.3 is 0 Å². The van der Waals surface area contributed by atoms with Crippen molar-refractivity contribution in [3.63, 3.8) is 0 Å². The Morgan fingerprint density at radius 3 is 2.75 bits per heavy atom.